The molecule has 0 N–H and O–H groups in total. The standard InChI is InChI=1S/C10H16/c1-3-9-5-8-4-7(2)10(9)6-8/h3,7-8,10H,4-6H2,1-2H3/b9-3+. The molecule has 3 unspecified atom stereocenters. The van der Waals surface area contributed by atoms with Crippen LogP contribution in [-0.4, -0.2) is 0 Å². The lowest BCUT2D eigenvalue weighted by Gasteiger charge is -2.19. The summed E-state index contributed by atoms with van der Waals surface area (Å²) >= 11 is 0. The van der Waals surface area contributed by atoms with Gasteiger partial charge in [0.2, 0.25) is 0 Å². The molecule has 0 amide bonds. The quantitative estimate of drug-likeness (QED) is 0.449. The first-order chi connectivity index (χ1) is 4.81. The molecule has 2 rings (SSSR count). The van der Waals surface area contributed by atoms with E-state index in [1.54, 1.807) is 5.57 Å². The van der Waals surface area contributed by atoms with Crippen molar-refractivity contribution in [1.82, 2.24) is 0 Å². The van der Waals surface area contributed by atoms with Crippen molar-refractivity contribution < 1.29 is 0 Å². The molecule has 0 spiro atoms. The lowest BCUT2D eigenvalue weighted by atomic mass is 9.86. The van der Waals surface area contributed by atoms with Crippen molar-refractivity contribution in [2.24, 2.45) is 17.8 Å². The van der Waals surface area contributed by atoms with Gasteiger partial charge >= 0.3 is 0 Å². The third-order valence-electron chi connectivity index (χ3n) is 3.35. The van der Waals surface area contributed by atoms with Gasteiger partial charge in [-0.2, -0.15) is 0 Å². The number of allylic oxidation sites excluding steroid dienone is 2. The van der Waals surface area contributed by atoms with E-state index >= 15 is 0 Å². The van der Waals surface area contributed by atoms with Crippen LogP contribution >= 0.6 is 0 Å². The minimum absolute atomic E-state index is 0.981. The fraction of sp³-hybridized carbons (Fsp3) is 0.800. The molecule has 56 valence electrons. The molecule has 2 aliphatic rings. The number of fused-ring (bicyclic) bond motifs is 2. The van der Waals surface area contributed by atoms with Crippen molar-refractivity contribution >= 4 is 0 Å². The van der Waals surface area contributed by atoms with Gasteiger partial charge in [-0.05, 0) is 43.9 Å². The van der Waals surface area contributed by atoms with Gasteiger partial charge < -0.3 is 0 Å². The van der Waals surface area contributed by atoms with E-state index in [-0.39, 0.29) is 0 Å². The Kier molecular flexibility index (Phi) is 1.36. The summed E-state index contributed by atoms with van der Waals surface area (Å²) in [6.45, 7) is 4.61. The van der Waals surface area contributed by atoms with Crippen LogP contribution in [0.15, 0.2) is 11.6 Å². The zero-order chi connectivity index (χ0) is 7.14. The topological polar surface area (TPSA) is 0 Å². The van der Waals surface area contributed by atoms with E-state index in [2.05, 4.69) is 19.9 Å². The van der Waals surface area contributed by atoms with Crippen molar-refractivity contribution in [2.45, 2.75) is 33.1 Å². The van der Waals surface area contributed by atoms with E-state index in [4.69, 9.17) is 0 Å². The van der Waals surface area contributed by atoms with Gasteiger partial charge in [-0.15, -0.1) is 0 Å². The van der Waals surface area contributed by atoms with Crippen LogP contribution in [0.2, 0.25) is 0 Å². The molecule has 0 radical (unpaired) electrons. The van der Waals surface area contributed by atoms with Gasteiger partial charge in [0.1, 0.15) is 0 Å². The predicted molar refractivity (Wildman–Crippen MR) is 43.8 cm³/mol. The Hall–Kier alpha value is -0.260. The van der Waals surface area contributed by atoms with E-state index in [0.717, 1.165) is 17.8 Å². The Morgan fingerprint density at radius 1 is 1.40 bits per heavy atom. The average molecular weight is 136 g/mol. The van der Waals surface area contributed by atoms with E-state index in [1.807, 2.05) is 0 Å². The van der Waals surface area contributed by atoms with Crippen LogP contribution in [0.1, 0.15) is 33.1 Å². The SMILES string of the molecule is C/C=C1\CC2CC(C)C1C2. The number of hydrogen-bond acceptors (Lipinski definition) is 0. The van der Waals surface area contributed by atoms with Crippen molar-refractivity contribution in [3.63, 3.8) is 0 Å². The van der Waals surface area contributed by atoms with E-state index < -0.39 is 0 Å². The van der Waals surface area contributed by atoms with Crippen molar-refractivity contribution in [3.05, 3.63) is 11.6 Å². The molecular formula is C10H16. The average Bonchev–Trinajstić information content (AvgIpc) is 2.44. The van der Waals surface area contributed by atoms with Crippen LogP contribution in [0.5, 0.6) is 0 Å². The number of rotatable bonds is 0. The summed E-state index contributed by atoms with van der Waals surface area (Å²) in [5, 5.41) is 0. The maximum atomic E-state index is 2.41. The smallest absolute Gasteiger partial charge is 0.0175 e. The molecule has 2 bridgehead atoms. The largest absolute Gasteiger partial charge is 0.0882 e. The van der Waals surface area contributed by atoms with E-state index in [9.17, 15) is 0 Å². The molecule has 0 aromatic carbocycles. The summed E-state index contributed by atoms with van der Waals surface area (Å²) in [5.41, 5.74) is 1.75. The summed E-state index contributed by atoms with van der Waals surface area (Å²) in [4.78, 5) is 0. The van der Waals surface area contributed by atoms with Gasteiger partial charge in [0.05, 0.1) is 0 Å². The van der Waals surface area contributed by atoms with Gasteiger partial charge in [-0.1, -0.05) is 18.6 Å². The Bertz CT molecular complexity index is 167. The Morgan fingerprint density at radius 3 is 2.60 bits per heavy atom. The molecule has 2 fully saturated rings. The first-order valence-corrected chi connectivity index (χ1v) is 4.46. The van der Waals surface area contributed by atoms with Crippen LogP contribution in [0.25, 0.3) is 0 Å². The van der Waals surface area contributed by atoms with E-state index in [0.29, 0.717) is 0 Å². The minimum atomic E-state index is 0.981. The van der Waals surface area contributed by atoms with Crippen molar-refractivity contribution in [3.8, 4) is 0 Å². The first-order valence-electron chi connectivity index (χ1n) is 4.46. The molecule has 0 aromatic rings. The monoisotopic (exact) mass is 136 g/mol. The lowest BCUT2D eigenvalue weighted by Crippen LogP contribution is -2.08. The summed E-state index contributed by atoms with van der Waals surface area (Å²) < 4.78 is 0. The highest BCUT2D eigenvalue weighted by Crippen LogP contribution is 2.51. The summed E-state index contributed by atoms with van der Waals surface area (Å²) in [6.07, 6.45) is 6.77. The summed E-state index contributed by atoms with van der Waals surface area (Å²) in [7, 11) is 0. The van der Waals surface area contributed by atoms with Crippen LogP contribution in [0, 0.1) is 17.8 Å². The second kappa shape index (κ2) is 2.11. The van der Waals surface area contributed by atoms with Crippen LogP contribution < -0.4 is 0 Å². The fourth-order valence-corrected chi connectivity index (χ4v) is 2.88. The number of hydrogen-bond donors (Lipinski definition) is 0. The lowest BCUT2D eigenvalue weighted by molar-refractivity contribution is 0.431. The highest BCUT2D eigenvalue weighted by atomic mass is 14.4. The third kappa shape index (κ3) is 0.744. The Morgan fingerprint density at radius 2 is 2.20 bits per heavy atom. The molecule has 2 saturated carbocycles. The maximum absolute atomic E-state index is 2.41. The fourth-order valence-electron chi connectivity index (χ4n) is 2.88. The minimum Gasteiger partial charge on any atom is -0.0882 e. The summed E-state index contributed by atoms with van der Waals surface area (Å²) in [5.74, 6) is 3.03. The third-order valence-corrected chi connectivity index (χ3v) is 3.35. The second-order valence-corrected chi connectivity index (χ2v) is 3.99. The van der Waals surface area contributed by atoms with Crippen molar-refractivity contribution in [2.75, 3.05) is 0 Å². The highest BCUT2D eigenvalue weighted by molar-refractivity contribution is 5.17. The molecule has 10 heavy (non-hydrogen) atoms. The van der Waals surface area contributed by atoms with Gasteiger partial charge in [-0.25, -0.2) is 0 Å². The van der Waals surface area contributed by atoms with Gasteiger partial charge in [0.15, 0.2) is 0 Å². The normalized spacial score (nSPS) is 49.0. The van der Waals surface area contributed by atoms with Crippen LogP contribution in [0.4, 0.5) is 0 Å². The van der Waals surface area contributed by atoms with Crippen LogP contribution in [0.3, 0.4) is 0 Å². The zero-order valence-electron chi connectivity index (χ0n) is 6.93. The molecule has 0 aromatic heterocycles. The predicted octanol–water partition coefficient (Wildman–Crippen LogP) is 3.00. The van der Waals surface area contributed by atoms with Gasteiger partial charge in [-0.3, -0.25) is 0 Å². The second-order valence-electron chi connectivity index (χ2n) is 3.99. The van der Waals surface area contributed by atoms with Crippen LogP contribution in [-0.2, 0) is 0 Å². The molecule has 0 aliphatic heterocycles. The first kappa shape index (κ1) is 6.45. The Labute approximate surface area is 63.3 Å². The molecule has 2 aliphatic carbocycles. The van der Waals surface area contributed by atoms with Gasteiger partial charge in [0.25, 0.3) is 0 Å². The molecule has 0 nitrogen and oxygen atoms in total. The zero-order valence-corrected chi connectivity index (χ0v) is 6.93. The molecular weight excluding hydrogens is 120 g/mol. The molecule has 0 heterocycles. The van der Waals surface area contributed by atoms with Gasteiger partial charge in [0, 0.05) is 0 Å². The maximum Gasteiger partial charge on any atom is -0.0175 e. The van der Waals surface area contributed by atoms with E-state index in [1.165, 1.54) is 19.3 Å². The molecule has 0 saturated heterocycles. The molecule has 0 heteroatoms. The summed E-state index contributed by atoms with van der Waals surface area (Å²) in [6, 6.07) is 0. The van der Waals surface area contributed by atoms with Crippen molar-refractivity contribution in [1.29, 1.82) is 0 Å². The highest BCUT2D eigenvalue weighted by Gasteiger charge is 2.39. The Balaban J connectivity index is 2.20. The molecule has 3 atom stereocenters.